The number of carbonyl (C=O) groups excluding carboxylic acids is 5. The predicted octanol–water partition coefficient (Wildman–Crippen LogP) is 3.58. The van der Waals surface area contributed by atoms with E-state index >= 15 is 0 Å². The molecule has 58 heavy (non-hydrogen) atoms. The molecule has 1 unspecified atom stereocenters. The van der Waals surface area contributed by atoms with Gasteiger partial charge in [0, 0.05) is 60.9 Å². The molecule has 5 amide bonds. The van der Waals surface area contributed by atoms with Crippen molar-refractivity contribution in [1.29, 1.82) is 0 Å². The number of rotatable bonds is 15. The molecule has 2 fully saturated rings. The number of fused-ring (bicyclic) bond motifs is 4. The largest absolute Gasteiger partial charge is 0.394 e. The Hall–Kier alpha value is -6.00. The van der Waals surface area contributed by atoms with Crippen LogP contribution in [0.4, 0.5) is 17.1 Å². The number of carbonyl (C=O) groups is 5. The standard InChI is InChI=1S/C43H45N7O8/c51-24-35-30-13-17-49(23-26-11-14-44-15-12-26)40(30)32-22-28(7-8-33(32)47-35)27-3-1-4-29(21-27)46-38(53)25-58-20-19-57-18-16-45-34-6-2-5-31-39(34)43(56)50(42(31)55)36-9-10-37(52)48-41(36)54/h1-8,11-12,14-15,21-22,30,35-36,40,45,47,51H,9-10,13,16-20,23-25H2,(H,46,53)(H,48,52,54)/t30-,35-,36?,40-/m1/s1. The van der Waals surface area contributed by atoms with E-state index in [0.29, 0.717) is 17.9 Å². The molecule has 5 N–H and O–H groups in total. The first-order valence-electron chi connectivity index (χ1n) is 19.6. The first-order chi connectivity index (χ1) is 28.3. The highest BCUT2D eigenvalue weighted by molar-refractivity contribution is 6.25. The molecule has 4 aliphatic heterocycles. The summed E-state index contributed by atoms with van der Waals surface area (Å²) in [6.07, 6.45) is 4.76. The summed E-state index contributed by atoms with van der Waals surface area (Å²) in [6, 6.07) is 22.2. The summed E-state index contributed by atoms with van der Waals surface area (Å²) in [5.41, 5.74) is 6.89. The zero-order valence-electron chi connectivity index (χ0n) is 31.8. The maximum atomic E-state index is 13.3. The van der Waals surface area contributed by atoms with Gasteiger partial charge in [-0.05, 0) is 90.2 Å². The smallest absolute Gasteiger partial charge is 0.264 e. The number of pyridine rings is 1. The molecule has 2 saturated heterocycles. The number of anilines is 3. The fourth-order valence-electron chi connectivity index (χ4n) is 8.52. The van der Waals surface area contributed by atoms with Crippen molar-refractivity contribution in [1.82, 2.24) is 20.1 Å². The average molecular weight is 788 g/mol. The summed E-state index contributed by atoms with van der Waals surface area (Å²) >= 11 is 0. The number of aromatic nitrogens is 1. The highest BCUT2D eigenvalue weighted by Crippen LogP contribution is 2.48. The molecule has 8 rings (SSSR count). The van der Waals surface area contributed by atoms with Gasteiger partial charge in [0.15, 0.2) is 0 Å². The van der Waals surface area contributed by atoms with Crippen LogP contribution in [-0.2, 0) is 30.4 Å². The van der Waals surface area contributed by atoms with Gasteiger partial charge in [0.2, 0.25) is 17.7 Å². The highest BCUT2D eigenvalue weighted by atomic mass is 16.5. The maximum absolute atomic E-state index is 13.3. The zero-order chi connectivity index (χ0) is 40.2. The van der Waals surface area contributed by atoms with Crippen LogP contribution in [0.3, 0.4) is 0 Å². The Kier molecular flexibility index (Phi) is 11.5. The number of aliphatic hydroxyl groups is 1. The Morgan fingerprint density at radius 3 is 2.53 bits per heavy atom. The molecule has 0 saturated carbocycles. The van der Waals surface area contributed by atoms with Crippen molar-refractivity contribution in [3.05, 3.63) is 107 Å². The fourth-order valence-corrected chi connectivity index (χ4v) is 8.52. The van der Waals surface area contributed by atoms with Crippen molar-refractivity contribution >= 4 is 46.6 Å². The van der Waals surface area contributed by atoms with Crippen LogP contribution >= 0.6 is 0 Å². The van der Waals surface area contributed by atoms with Gasteiger partial charge in [-0.3, -0.25) is 44.1 Å². The van der Waals surface area contributed by atoms with E-state index in [9.17, 15) is 29.1 Å². The first-order valence-corrected chi connectivity index (χ1v) is 19.6. The molecule has 4 aromatic rings. The number of hydrogen-bond donors (Lipinski definition) is 5. The molecule has 4 aliphatic rings. The van der Waals surface area contributed by atoms with Gasteiger partial charge in [0.1, 0.15) is 12.6 Å². The van der Waals surface area contributed by atoms with Crippen LogP contribution in [0.15, 0.2) is 85.2 Å². The lowest BCUT2D eigenvalue weighted by atomic mass is 9.82. The Morgan fingerprint density at radius 1 is 0.897 bits per heavy atom. The van der Waals surface area contributed by atoms with Crippen molar-refractivity contribution in [2.45, 2.75) is 43.9 Å². The molecule has 5 heterocycles. The van der Waals surface area contributed by atoms with Gasteiger partial charge in [-0.15, -0.1) is 0 Å². The van der Waals surface area contributed by atoms with Crippen LogP contribution in [-0.4, -0.2) is 108 Å². The maximum Gasteiger partial charge on any atom is 0.264 e. The zero-order valence-corrected chi connectivity index (χ0v) is 31.8. The molecular formula is C43H45N7O8. The lowest BCUT2D eigenvalue weighted by Gasteiger charge is -2.39. The topological polar surface area (TPSA) is 192 Å². The van der Waals surface area contributed by atoms with Crippen LogP contribution in [0.1, 0.15) is 57.1 Å². The van der Waals surface area contributed by atoms with E-state index in [1.807, 2.05) is 48.8 Å². The van der Waals surface area contributed by atoms with Crippen LogP contribution in [0.25, 0.3) is 11.1 Å². The Balaban J connectivity index is 0.797. The monoisotopic (exact) mass is 787 g/mol. The third-order valence-electron chi connectivity index (χ3n) is 11.2. The highest BCUT2D eigenvalue weighted by Gasteiger charge is 2.46. The van der Waals surface area contributed by atoms with Gasteiger partial charge < -0.3 is 30.5 Å². The predicted molar refractivity (Wildman–Crippen MR) is 214 cm³/mol. The fraction of sp³-hybridized carbons (Fsp3) is 0.349. The molecular weight excluding hydrogens is 743 g/mol. The second-order valence-corrected chi connectivity index (χ2v) is 14.9. The Labute approximate surface area is 335 Å². The van der Waals surface area contributed by atoms with Gasteiger partial charge in [-0.1, -0.05) is 24.3 Å². The average Bonchev–Trinajstić information content (AvgIpc) is 3.76. The van der Waals surface area contributed by atoms with E-state index in [1.54, 1.807) is 12.1 Å². The number of hydrogen-bond acceptors (Lipinski definition) is 12. The second kappa shape index (κ2) is 17.2. The summed E-state index contributed by atoms with van der Waals surface area (Å²) in [5, 5.41) is 22.1. The van der Waals surface area contributed by atoms with Crippen molar-refractivity contribution in [3.63, 3.8) is 0 Å². The number of likely N-dealkylation sites (tertiary alicyclic amines) is 1. The third-order valence-corrected chi connectivity index (χ3v) is 11.2. The van der Waals surface area contributed by atoms with E-state index in [2.05, 4.69) is 49.4 Å². The van der Waals surface area contributed by atoms with Crippen molar-refractivity contribution in [3.8, 4) is 11.1 Å². The summed E-state index contributed by atoms with van der Waals surface area (Å²) in [4.78, 5) is 70.7. The van der Waals surface area contributed by atoms with Crippen LogP contribution in [0.2, 0.25) is 0 Å². The molecule has 0 aliphatic carbocycles. The van der Waals surface area contributed by atoms with Crippen molar-refractivity contribution in [2.75, 3.05) is 62.1 Å². The minimum Gasteiger partial charge on any atom is -0.394 e. The molecule has 4 atom stereocenters. The van der Waals surface area contributed by atoms with E-state index in [1.165, 1.54) is 17.2 Å². The summed E-state index contributed by atoms with van der Waals surface area (Å²) in [6.45, 7) is 2.65. The quantitative estimate of drug-likeness (QED) is 0.0871. The molecule has 300 valence electrons. The van der Waals surface area contributed by atoms with Gasteiger partial charge in [0.25, 0.3) is 11.8 Å². The molecule has 15 nitrogen and oxygen atoms in total. The first kappa shape index (κ1) is 38.9. The number of aliphatic hydroxyl groups excluding tert-OH is 1. The van der Waals surface area contributed by atoms with E-state index in [4.69, 9.17) is 9.47 Å². The molecule has 1 aromatic heterocycles. The number of nitrogens with one attached hydrogen (secondary N) is 4. The second-order valence-electron chi connectivity index (χ2n) is 14.9. The lowest BCUT2D eigenvalue weighted by molar-refractivity contribution is -0.136. The normalized spacial score (nSPS) is 21.2. The van der Waals surface area contributed by atoms with Crippen LogP contribution in [0, 0.1) is 5.92 Å². The Bertz CT molecular complexity index is 2220. The SMILES string of the molecule is O=C1CCC(N2C(=O)c3cccc(NCCOCCOCC(=O)Nc4cccc(-c5ccc6c(c5)[C@H]5[C@H](CCN5Cc5ccncc5)[C@@H](CO)N6)c4)c3C2=O)C(=O)N1. The molecule has 0 bridgehead atoms. The number of benzene rings is 3. The van der Waals surface area contributed by atoms with Crippen molar-refractivity contribution in [2.24, 2.45) is 5.92 Å². The third kappa shape index (κ3) is 8.07. The number of ether oxygens (including phenoxy) is 2. The van der Waals surface area contributed by atoms with Crippen LogP contribution < -0.4 is 21.3 Å². The summed E-state index contributed by atoms with van der Waals surface area (Å²) in [5.74, 6) is -2.26. The van der Waals surface area contributed by atoms with Gasteiger partial charge >= 0.3 is 0 Å². The Morgan fingerprint density at radius 2 is 1.71 bits per heavy atom. The summed E-state index contributed by atoms with van der Waals surface area (Å²) in [7, 11) is 0. The number of piperidine rings is 1. The van der Waals surface area contributed by atoms with Gasteiger partial charge in [-0.2, -0.15) is 0 Å². The summed E-state index contributed by atoms with van der Waals surface area (Å²) < 4.78 is 11.2. The molecule has 3 aromatic carbocycles. The number of imide groups is 2. The van der Waals surface area contributed by atoms with E-state index in [0.717, 1.165) is 41.2 Å². The molecule has 0 spiro atoms. The molecule has 0 radical (unpaired) electrons. The van der Waals surface area contributed by atoms with E-state index < -0.39 is 29.7 Å². The lowest BCUT2D eigenvalue weighted by Crippen LogP contribution is -2.54. The van der Waals surface area contributed by atoms with Crippen molar-refractivity contribution < 1.29 is 38.6 Å². The van der Waals surface area contributed by atoms with Gasteiger partial charge in [-0.25, -0.2) is 0 Å². The number of amides is 5. The van der Waals surface area contributed by atoms with E-state index in [-0.39, 0.29) is 80.9 Å². The molecule has 15 heteroatoms. The van der Waals surface area contributed by atoms with Crippen LogP contribution in [0.5, 0.6) is 0 Å². The minimum atomic E-state index is -1.04. The minimum absolute atomic E-state index is 0.0130. The number of nitrogens with zero attached hydrogens (tertiary/aromatic N) is 3. The van der Waals surface area contributed by atoms with Gasteiger partial charge in [0.05, 0.1) is 43.6 Å².